The van der Waals surface area contributed by atoms with E-state index in [9.17, 15) is 27.9 Å². The molecular weight excluding hydrogens is 582 g/mol. The summed E-state index contributed by atoms with van der Waals surface area (Å²) in [4.78, 5) is 31.0. The van der Waals surface area contributed by atoms with Gasteiger partial charge in [-0.05, 0) is 69.6 Å². The number of halogens is 4. The Morgan fingerprint density at radius 3 is 2.39 bits per heavy atom. The molecule has 246 valence electrons. The van der Waals surface area contributed by atoms with E-state index in [0.717, 1.165) is 37.8 Å². The SMILES string of the molecule is CCOC[C@@H]1C[C@@H](c2ccc(C(F)(F)F)cc2N2CCC(C(=O)O)CC2)CN1C(=O)[C@@]1(F)CCN(C2CCC(OC)CC2)C1. The molecule has 3 aliphatic heterocycles. The molecule has 44 heavy (non-hydrogen) atoms. The average Bonchev–Trinajstić information content (AvgIpc) is 3.63. The van der Waals surface area contributed by atoms with Gasteiger partial charge in [-0.25, -0.2) is 4.39 Å². The Kier molecular flexibility index (Phi) is 10.1. The number of carbonyl (C=O) groups excluding carboxylic acids is 1. The topological polar surface area (TPSA) is 82.5 Å². The maximum atomic E-state index is 16.5. The summed E-state index contributed by atoms with van der Waals surface area (Å²) in [6.07, 6.45) is 0.549. The Morgan fingerprint density at radius 2 is 1.77 bits per heavy atom. The molecule has 0 aromatic heterocycles. The predicted octanol–water partition coefficient (Wildman–Crippen LogP) is 5.10. The number of benzene rings is 1. The monoisotopic (exact) mass is 627 g/mol. The van der Waals surface area contributed by atoms with E-state index in [-0.39, 0.29) is 44.2 Å². The number of rotatable bonds is 9. The summed E-state index contributed by atoms with van der Waals surface area (Å²) < 4.78 is 69.0. The minimum absolute atomic E-state index is 0.0424. The van der Waals surface area contributed by atoms with E-state index in [1.165, 1.54) is 6.07 Å². The van der Waals surface area contributed by atoms with Crippen LogP contribution in [0.4, 0.5) is 23.2 Å². The van der Waals surface area contributed by atoms with Crippen molar-refractivity contribution in [1.29, 1.82) is 0 Å². The molecule has 8 nitrogen and oxygen atoms in total. The molecule has 4 fully saturated rings. The molecule has 1 aromatic carbocycles. The van der Waals surface area contributed by atoms with E-state index in [1.54, 1.807) is 12.0 Å². The number of aliphatic carboxylic acids is 1. The lowest BCUT2D eigenvalue weighted by molar-refractivity contribution is -0.145. The highest BCUT2D eigenvalue weighted by Gasteiger charge is 2.52. The molecule has 0 bridgehead atoms. The van der Waals surface area contributed by atoms with E-state index in [2.05, 4.69) is 4.90 Å². The molecule has 3 atom stereocenters. The molecular formula is C32H45F4N3O5. The van der Waals surface area contributed by atoms with Crippen molar-refractivity contribution in [2.24, 2.45) is 5.92 Å². The summed E-state index contributed by atoms with van der Waals surface area (Å²) in [7, 11) is 1.71. The van der Waals surface area contributed by atoms with Gasteiger partial charge in [0.05, 0.1) is 30.2 Å². The van der Waals surface area contributed by atoms with Crippen LogP contribution in [0.5, 0.6) is 0 Å². The predicted molar refractivity (Wildman–Crippen MR) is 156 cm³/mol. The second kappa shape index (κ2) is 13.5. The first-order valence-electron chi connectivity index (χ1n) is 16.0. The van der Waals surface area contributed by atoms with Gasteiger partial charge in [0.25, 0.3) is 5.91 Å². The van der Waals surface area contributed by atoms with Crippen LogP contribution >= 0.6 is 0 Å². The van der Waals surface area contributed by atoms with Crippen LogP contribution in [0.1, 0.15) is 75.3 Å². The highest BCUT2D eigenvalue weighted by Crippen LogP contribution is 2.43. The lowest BCUT2D eigenvalue weighted by Gasteiger charge is -2.35. The lowest BCUT2D eigenvalue weighted by Crippen LogP contribution is -2.51. The maximum absolute atomic E-state index is 16.5. The third-order valence-electron chi connectivity index (χ3n) is 10.3. The summed E-state index contributed by atoms with van der Waals surface area (Å²) in [5.74, 6) is -2.30. The van der Waals surface area contributed by atoms with Gasteiger partial charge >= 0.3 is 12.1 Å². The molecule has 0 unspecified atom stereocenters. The van der Waals surface area contributed by atoms with Gasteiger partial charge in [0, 0.05) is 70.5 Å². The Bertz CT molecular complexity index is 1170. The molecule has 0 spiro atoms. The van der Waals surface area contributed by atoms with Gasteiger partial charge in [0.1, 0.15) is 0 Å². The van der Waals surface area contributed by atoms with Crippen LogP contribution in [-0.2, 0) is 25.2 Å². The Labute approximate surface area is 256 Å². The molecule has 3 heterocycles. The van der Waals surface area contributed by atoms with E-state index in [4.69, 9.17) is 9.47 Å². The molecule has 4 aliphatic rings. The second-order valence-corrected chi connectivity index (χ2v) is 12.9. The molecule has 0 radical (unpaired) electrons. The number of amides is 1. The van der Waals surface area contributed by atoms with Gasteiger partial charge in [-0.3, -0.25) is 14.5 Å². The van der Waals surface area contributed by atoms with Crippen molar-refractivity contribution in [3.8, 4) is 0 Å². The summed E-state index contributed by atoms with van der Waals surface area (Å²) in [5.41, 5.74) is -1.73. The van der Waals surface area contributed by atoms with Crippen molar-refractivity contribution >= 4 is 17.6 Å². The minimum atomic E-state index is -4.54. The number of carboxylic acid groups (broad SMARTS) is 1. The van der Waals surface area contributed by atoms with E-state index in [0.29, 0.717) is 56.8 Å². The number of carboxylic acids is 1. The van der Waals surface area contributed by atoms with Gasteiger partial charge in [0.2, 0.25) is 5.67 Å². The van der Waals surface area contributed by atoms with Crippen molar-refractivity contribution in [3.05, 3.63) is 29.3 Å². The van der Waals surface area contributed by atoms with Crippen LogP contribution in [0.2, 0.25) is 0 Å². The van der Waals surface area contributed by atoms with Crippen LogP contribution in [0.25, 0.3) is 0 Å². The highest BCUT2D eigenvalue weighted by atomic mass is 19.4. The summed E-state index contributed by atoms with van der Waals surface area (Å²) in [6, 6.07) is 3.50. The molecule has 1 aliphatic carbocycles. The molecule has 1 amide bonds. The number of hydrogen-bond acceptors (Lipinski definition) is 6. The van der Waals surface area contributed by atoms with Gasteiger partial charge < -0.3 is 24.4 Å². The van der Waals surface area contributed by atoms with Gasteiger partial charge in [-0.15, -0.1) is 0 Å². The average molecular weight is 628 g/mol. The zero-order chi connectivity index (χ0) is 31.6. The van der Waals surface area contributed by atoms with Crippen molar-refractivity contribution in [1.82, 2.24) is 9.80 Å². The van der Waals surface area contributed by atoms with Gasteiger partial charge in [-0.2, -0.15) is 13.2 Å². The number of carbonyl (C=O) groups is 2. The molecule has 1 aromatic rings. The van der Waals surface area contributed by atoms with Crippen LogP contribution in [0.3, 0.4) is 0 Å². The fraction of sp³-hybridized carbons (Fsp3) is 0.750. The quantitative estimate of drug-likeness (QED) is 0.382. The van der Waals surface area contributed by atoms with E-state index in [1.807, 2.05) is 11.8 Å². The number of hydrogen-bond donors (Lipinski definition) is 1. The van der Waals surface area contributed by atoms with Gasteiger partial charge in [-0.1, -0.05) is 6.07 Å². The zero-order valence-corrected chi connectivity index (χ0v) is 25.7. The molecule has 1 N–H and O–H groups in total. The number of likely N-dealkylation sites (tertiary alicyclic amines) is 2. The van der Waals surface area contributed by atoms with E-state index >= 15 is 4.39 Å². The van der Waals surface area contributed by atoms with Crippen LogP contribution < -0.4 is 4.90 Å². The Hall–Kier alpha value is -2.44. The van der Waals surface area contributed by atoms with Crippen molar-refractivity contribution < 1.29 is 41.7 Å². The zero-order valence-electron chi connectivity index (χ0n) is 25.7. The lowest BCUT2D eigenvalue weighted by atomic mass is 9.91. The number of alkyl halides is 4. The molecule has 12 heteroatoms. The van der Waals surface area contributed by atoms with Crippen molar-refractivity contribution in [2.45, 2.75) is 94.2 Å². The van der Waals surface area contributed by atoms with Crippen molar-refractivity contribution in [3.63, 3.8) is 0 Å². The Balaban J connectivity index is 1.36. The van der Waals surface area contributed by atoms with Crippen molar-refractivity contribution in [2.75, 3.05) is 57.9 Å². The smallest absolute Gasteiger partial charge is 0.416 e. The maximum Gasteiger partial charge on any atom is 0.416 e. The molecule has 3 saturated heterocycles. The summed E-state index contributed by atoms with van der Waals surface area (Å²) in [5, 5.41) is 9.42. The standard InChI is InChI=1S/C32H45F4N3O5/c1-3-44-19-25-16-22(18-39(25)30(42)31(33)12-15-38(20-31)24-5-7-26(43-2)8-6-24)27-9-4-23(32(34,35)36)17-28(27)37-13-10-21(11-14-37)29(40)41/h4,9,17,21-22,24-26H,3,5-8,10-16,18-20H2,1-2H3,(H,40,41)/t22-,24?,25+,26?,31-/m1/s1. The Morgan fingerprint density at radius 1 is 1.07 bits per heavy atom. The van der Waals surface area contributed by atoms with Crippen LogP contribution in [0, 0.1) is 5.92 Å². The highest BCUT2D eigenvalue weighted by molar-refractivity contribution is 5.86. The summed E-state index contributed by atoms with van der Waals surface area (Å²) in [6.45, 7) is 3.86. The number of ether oxygens (including phenoxy) is 2. The van der Waals surface area contributed by atoms with Crippen LogP contribution in [-0.4, -0.2) is 104 Å². The fourth-order valence-corrected chi connectivity index (χ4v) is 7.70. The largest absolute Gasteiger partial charge is 0.481 e. The number of piperidine rings is 1. The number of nitrogens with zero attached hydrogens (tertiary/aromatic N) is 3. The normalized spacial score (nSPS) is 30.7. The fourth-order valence-electron chi connectivity index (χ4n) is 7.70. The van der Waals surface area contributed by atoms with E-state index < -0.39 is 41.2 Å². The first-order valence-corrected chi connectivity index (χ1v) is 16.0. The first-order chi connectivity index (χ1) is 20.9. The third kappa shape index (κ3) is 7.02. The number of methoxy groups -OCH3 is 1. The molecule has 5 rings (SSSR count). The second-order valence-electron chi connectivity index (χ2n) is 12.9. The number of anilines is 1. The summed E-state index contributed by atoms with van der Waals surface area (Å²) >= 11 is 0. The minimum Gasteiger partial charge on any atom is -0.481 e. The molecule has 1 saturated carbocycles. The first kappa shape index (κ1) is 32.9. The third-order valence-corrected chi connectivity index (χ3v) is 10.3. The van der Waals surface area contributed by atoms with Gasteiger partial charge in [0.15, 0.2) is 0 Å². The van der Waals surface area contributed by atoms with Crippen LogP contribution in [0.15, 0.2) is 18.2 Å².